The summed E-state index contributed by atoms with van der Waals surface area (Å²) >= 11 is 3.44. The minimum atomic E-state index is -0.674. The Morgan fingerprint density at radius 2 is 1.55 bits per heavy atom. The average molecular weight is 511 g/mol. The van der Waals surface area contributed by atoms with Crippen molar-refractivity contribution in [2.45, 2.75) is 51.2 Å². The van der Waals surface area contributed by atoms with Gasteiger partial charge in [-0.1, -0.05) is 52.3 Å². The average Bonchev–Trinajstić information content (AvgIpc) is 2.74. The van der Waals surface area contributed by atoms with Crippen LogP contribution in [0.15, 0.2) is 65.1 Å². The summed E-state index contributed by atoms with van der Waals surface area (Å²) in [6.07, 6.45) is 1.11. The van der Waals surface area contributed by atoms with Crippen LogP contribution >= 0.6 is 15.9 Å². The number of amides is 2. The highest BCUT2D eigenvalue weighted by molar-refractivity contribution is 9.10. The van der Waals surface area contributed by atoms with Crippen molar-refractivity contribution in [3.8, 4) is 0 Å². The van der Waals surface area contributed by atoms with E-state index in [-0.39, 0.29) is 11.8 Å². The molecule has 7 heteroatoms. The molecule has 2 amide bonds. The number of rotatable bonds is 8. The lowest BCUT2D eigenvalue weighted by atomic mass is 9.94. The number of hydrogen-bond acceptors (Lipinski definition) is 4. The highest BCUT2D eigenvalue weighted by Gasteiger charge is 2.24. The maximum atomic E-state index is 12.8. The lowest BCUT2D eigenvalue weighted by Crippen LogP contribution is -2.52. The van der Waals surface area contributed by atoms with Gasteiger partial charge in [-0.3, -0.25) is 9.59 Å². The molecule has 6 nitrogen and oxygen atoms in total. The van der Waals surface area contributed by atoms with E-state index in [0.717, 1.165) is 26.4 Å². The largest absolute Gasteiger partial charge is 0.350 e. The highest BCUT2D eigenvalue weighted by atomic mass is 79.9. The van der Waals surface area contributed by atoms with Gasteiger partial charge >= 0.3 is 0 Å². The van der Waals surface area contributed by atoms with E-state index in [1.807, 2.05) is 74.5 Å². The fourth-order valence-corrected chi connectivity index (χ4v) is 3.95. The van der Waals surface area contributed by atoms with Gasteiger partial charge in [-0.2, -0.15) is 0 Å². The Balaban J connectivity index is 1.65. The van der Waals surface area contributed by atoms with Crippen LogP contribution in [0.25, 0.3) is 10.8 Å². The number of carbonyl (C=O) groups is 2. The van der Waals surface area contributed by atoms with Crippen molar-refractivity contribution >= 4 is 44.2 Å². The maximum absolute atomic E-state index is 12.8. The second-order valence-electron chi connectivity index (χ2n) is 9.16. The summed E-state index contributed by atoms with van der Waals surface area (Å²) in [7, 11) is 0. The summed E-state index contributed by atoms with van der Waals surface area (Å²) in [6.45, 7) is 5.63. The van der Waals surface area contributed by atoms with E-state index in [1.165, 1.54) is 0 Å². The molecule has 2 unspecified atom stereocenters. The monoisotopic (exact) mass is 510 g/mol. The zero-order valence-corrected chi connectivity index (χ0v) is 20.8. The maximum Gasteiger partial charge on any atom is 0.240 e. The SMILES string of the molecule is CC(N)C(=O)Nc1ccc2ccc(CC(N)C(=O)NC(C)(C)Cc3ccc(Br)cc3)cc2c1. The molecule has 0 bridgehead atoms. The number of fused-ring (bicyclic) bond motifs is 1. The molecule has 0 fully saturated rings. The molecule has 0 spiro atoms. The molecule has 0 aliphatic heterocycles. The van der Waals surface area contributed by atoms with Gasteiger partial charge in [0.05, 0.1) is 12.1 Å². The van der Waals surface area contributed by atoms with Crippen molar-refractivity contribution in [3.05, 3.63) is 76.3 Å². The summed E-state index contributed by atoms with van der Waals surface area (Å²) in [6, 6.07) is 18.4. The molecule has 0 aromatic heterocycles. The minimum absolute atomic E-state index is 0.185. The molecule has 2 atom stereocenters. The lowest BCUT2D eigenvalue weighted by Gasteiger charge is -2.28. The predicted octanol–water partition coefficient (Wildman–Crippen LogP) is 3.90. The van der Waals surface area contributed by atoms with E-state index in [0.29, 0.717) is 18.5 Å². The molecule has 0 aliphatic carbocycles. The fourth-order valence-electron chi connectivity index (χ4n) is 3.69. The topological polar surface area (TPSA) is 110 Å². The molecule has 0 heterocycles. The van der Waals surface area contributed by atoms with Crippen LogP contribution in [0.4, 0.5) is 5.69 Å². The van der Waals surface area contributed by atoms with Gasteiger partial charge in [-0.15, -0.1) is 0 Å². The van der Waals surface area contributed by atoms with E-state index < -0.39 is 17.6 Å². The van der Waals surface area contributed by atoms with E-state index in [2.05, 4.69) is 26.6 Å². The molecule has 3 rings (SSSR count). The summed E-state index contributed by atoms with van der Waals surface area (Å²) in [5, 5.41) is 7.88. The Kier molecular flexibility index (Phi) is 7.89. The van der Waals surface area contributed by atoms with Gasteiger partial charge in [0.15, 0.2) is 0 Å². The number of carbonyl (C=O) groups excluding carboxylic acids is 2. The molecule has 174 valence electrons. The zero-order valence-electron chi connectivity index (χ0n) is 19.2. The Hall–Kier alpha value is -2.74. The van der Waals surface area contributed by atoms with Crippen molar-refractivity contribution in [1.82, 2.24) is 5.32 Å². The molecule has 0 saturated carbocycles. The van der Waals surface area contributed by atoms with E-state index in [9.17, 15) is 9.59 Å². The molecular weight excluding hydrogens is 480 g/mol. The molecule has 33 heavy (non-hydrogen) atoms. The molecule has 0 aliphatic rings. The Morgan fingerprint density at radius 1 is 0.909 bits per heavy atom. The van der Waals surface area contributed by atoms with Crippen LogP contribution in [0.1, 0.15) is 31.9 Å². The Bertz CT molecular complexity index is 1140. The van der Waals surface area contributed by atoms with Gasteiger partial charge in [0, 0.05) is 15.7 Å². The Labute approximate surface area is 203 Å². The van der Waals surface area contributed by atoms with Crippen molar-refractivity contribution in [3.63, 3.8) is 0 Å². The number of halogens is 1. The van der Waals surface area contributed by atoms with Crippen LogP contribution in [0.2, 0.25) is 0 Å². The van der Waals surface area contributed by atoms with E-state index >= 15 is 0 Å². The summed E-state index contributed by atoms with van der Waals surface area (Å²) in [4.78, 5) is 24.7. The fraction of sp³-hybridized carbons (Fsp3) is 0.308. The minimum Gasteiger partial charge on any atom is -0.350 e. The first-order chi connectivity index (χ1) is 15.5. The van der Waals surface area contributed by atoms with Crippen molar-refractivity contribution in [2.75, 3.05) is 5.32 Å². The third kappa shape index (κ3) is 7.12. The number of benzene rings is 3. The van der Waals surface area contributed by atoms with Gasteiger partial charge in [-0.05, 0) is 79.8 Å². The van der Waals surface area contributed by atoms with Gasteiger partial charge < -0.3 is 22.1 Å². The van der Waals surface area contributed by atoms with Crippen LogP contribution in [0.3, 0.4) is 0 Å². The zero-order chi connectivity index (χ0) is 24.2. The van der Waals surface area contributed by atoms with Crippen LogP contribution in [-0.2, 0) is 22.4 Å². The first-order valence-electron chi connectivity index (χ1n) is 10.9. The van der Waals surface area contributed by atoms with Gasteiger partial charge in [0.25, 0.3) is 0 Å². The number of anilines is 1. The number of nitrogens with two attached hydrogens (primary N) is 2. The second-order valence-corrected chi connectivity index (χ2v) is 10.1. The van der Waals surface area contributed by atoms with Crippen molar-refractivity contribution in [2.24, 2.45) is 11.5 Å². The third-order valence-corrected chi connectivity index (χ3v) is 5.93. The molecule has 6 N–H and O–H groups in total. The first-order valence-corrected chi connectivity index (χ1v) is 11.7. The van der Waals surface area contributed by atoms with E-state index in [4.69, 9.17) is 11.5 Å². The van der Waals surface area contributed by atoms with Gasteiger partial charge in [-0.25, -0.2) is 0 Å². The molecule has 0 saturated heterocycles. The third-order valence-electron chi connectivity index (χ3n) is 5.40. The lowest BCUT2D eigenvalue weighted by molar-refractivity contribution is -0.124. The van der Waals surface area contributed by atoms with Crippen LogP contribution < -0.4 is 22.1 Å². The van der Waals surface area contributed by atoms with Crippen LogP contribution in [0.5, 0.6) is 0 Å². The smallest absolute Gasteiger partial charge is 0.240 e. The van der Waals surface area contributed by atoms with Crippen molar-refractivity contribution in [1.29, 1.82) is 0 Å². The number of hydrogen-bond donors (Lipinski definition) is 4. The summed E-state index contributed by atoms with van der Waals surface area (Å²) in [5.41, 5.74) is 14.2. The normalized spacial score (nSPS) is 13.4. The van der Waals surface area contributed by atoms with E-state index in [1.54, 1.807) is 6.92 Å². The standard InChI is InChI=1S/C26H31BrN4O2/c1-16(28)24(32)30-22-11-8-19-7-4-18(12-20(19)14-22)13-23(29)25(33)31-26(2,3)15-17-5-9-21(27)10-6-17/h4-12,14,16,23H,13,15,28-29H2,1-3H3,(H,30,32)(H,31,33). The second kappa shape index (κ2) is 10.5. The molecular formula is C26H31BrN4O2. The molecule has 0 radical (unpaired) electrons. The van der Waals surface area contributed by atoms with Gasteiger partial charge in [0.1, 0.15) is 0 Å². The van der Waals surface area contributed by atoms with Crippen LogP contribution in [-0.4, -0.2) is 29.4 Å². The quantitative estimate of drug-likeness (QED) is 0.368. The molecule has 3 aromatic rings. The Morgan fingerprint density at radius 3 is 2.21 bits per heavy atom. The van der Waals surface area contributed by atoms with Gasteiger partial charge in [0.2, 0.25) is 11.8 Å². The summed E-state index contributed by atoms with van der Waals surface area (Å²) in [5.74, 6) is -0.426. The predicted molar refractivity (Wildman–Crippen MR) is 138 cm³/mol. The number of nitrogens with one attached hydrogen (secondary N) is 2. The molecule has 3 aromatic carbocycles. The van der Waals surface area contributed by atoms with Crippen LogP contribution in [0, 0.1) is 0 Å². The summed E-state index contributed by atoms with van der Waals surface area (Å²) < 4.78 is 1.02. The highest BCUT2D eigenvalue weighted by Crippen LogP contribution is 2.22. The first kappa shape index (κ1) is 24.9. The van der Waals surface area contributed by atoms with Crippen molar-refractivity contribution < 1.29 is 9.59 Å².